The molecule has 0 atom stereocenters. The maximum Gasteiger partial charge on any atom is 0.244 e. The Morgan fingerprint density at radius 3 is 2.67 bits per heavy atom. The van der Waals surface area contributed by atoms with Gasteiger partial charge in [0.15, 0.2) is 0 Å². The third kappa shape index (κ3) is 4.69. The summed E-state index contributed by atoms with van der Waals surface area (Å²) in [6.07, 6.45) is 4.28. The van der Waals surface area contributed by atoms with Crippen molar-refractivity contribution in [3.05, 3.63) is 30.6 Å². The van der Waals surface area contributed by atoms with E-state index in [1.54, 1.807) is 25.4 Å². The van der Waals surface area contributed by atoms with Crippen LogP contribution < -0.4 is 5.32 Å². The van der Waals surface area contributed by atoms with Crippen LogP contribution in [0.3, 0.4) is 0 Å². The highest BCUT2D eigenvalue weighted by Gasteiger charge is 2.22. The molecular weight excluding hydrogens is 286 g/mol. The zero-order chi connectivity index (χ0) is 16.0. The van der Waals surface area contributed by atoms with E-state index in [1.807, 2.05) is 4.57 Å². The monoisotopic (exact) mass is 313 g/mol. The maximum atomic E-state index is 12.5. The zero-order valence-electron chi connectivity index (χ0n) is 13.5. The maximum absolute atomic E-state index is 12.5. The molecule has 0 unspecified atom stereocenters. The zero-order valence-corrected chi connectivity index (χ0v) is 14.3. The predicted molar refractivity (Wildman–Crippen MR) is 86.7 cm³/mol. The van der Waals surface area contributed by atoms with E-state index in [-0.39, 0.29) is 0 Å². The van der Waals surface area contributed by atoms with E-state index in [0.29, 0.717) is 24.0 Å². The van der Waals surface area contributed by atoms with Crippen molar-refractivity contribution in [3.8, 4) is 0 Å². The van der Waals surface area contributed by atoms with Gasteiger partial charge in [0.1, 0.15) is 4.90 Å². The molecule has 0 spiro atoms. The number of likely N-dealkylation sites (N-methyl/N-ethyl adjacent to an activating group) is 1. The number of aryl methyl sites for hydroxylation is 1. The van der Waals surface area contributed by atoms with Crippen LogP contribution in [-0.4, -0.2) is 36.9 Å². The number of sulfonamides is 1. The van der Waals surface area contributed by atoms with Crippen molar-refractivity contribution in [1.82, 2.24) is 14.2 Å². The van der Waals surface area contributed by atoms with Gasteiger partial charge in [-0.25, -0.2) is 8.42 Å². The molecular formula is C15H27N3O2S. The Hall–Kier alpha value is -1.11. The highest BCUT2D eigenvalue weighted by Crippen LogP contribution is 2.19. The lowest BCUT2D eigenvalue weighted by atomic mass is 10.3. The van der Waals surface area contributed by atoms with E-state index < -0.39 is 10.0 Å². The summed E-state index contributed by atoms with van der Waals surface area (Å²) in [4.78, 5) is 0.348. The van der Waals surface area contributed by atoms with Gasteiger partial charge in [0.2, 0.25) is 10.0 Å². The minimum Gasteiger partial charge on any atom is -0.349 e. The van der Waals surface area contributed by atoms with Crippen molar-refractivity contribution in [2.45, 2.75) is 51.2 Å². The Balaban J connectivity index is 3.08. The fraction of sp³-hybridized carbons (Fsp3) is 0.600. The van der Waals surface area contributed by atoms with Crippen molar-refractivity contribution >= 4 is 10.0 Å². The third-order valence-corrected chi connectivity index (χ3v) is 5.00. The van der Waals surface area contributed by atoms with Crippen LogP contribution in [0.25, 0.3) is 0 Å². The minimum atomic E-state index is -3.45. The van der Waals surface area contributed by atoms with Gasteiger partial charge in [0, 0.05) is 44.6 Å². The number of aromatic nitrogens is 1. The minimum absolute atomic E-state index is 0.306. The second kappa shape index (κ2) is 7.77. The molecule has 120 valence electrons. The number of rotatable bonds is 9. The van der Waals surface area contributed by atoms with E-state index in [0.717, 1.165) is 18.7 Å². The Morgan fingerprint density at radius 2 is 2.14 bits per heavy atom. The quantitative estimate of drug-likeness (QED) is 0.711. The fourth-order valence-electron chi connectivity index (χ4n) is 2.03. The van der Waals surface area contributed by atoms with Gasteiger partial charge in [-0.2, -0.15) is 4.31 Å². The standard InChI is InChI=1S/C15H27N3O2S/c1-6-8-17(5)21(19,20)15-10-14(11-16-13(3)4)18(12-15)9-7-2/h6,10,12-13,16H,1,7-9,11H2,2-5H3. The first-order valence-electron chi connectivity index (χ1n) is 7.32. The first kappa shape index (κ1) is 17.9. The summed E-state index contributed by atoms with van der Waals surface area (Å²) in [7, 11) is -1.88. The van der Waals surface area contributed by atoms with E-state index in [9.17, 15) is 8.42 Å². The van der Waals surface area contributed by atoms with Crippen molar-refractivity contribution in [2.75, 3.05) is 13.6 Å². The van der Waals surface area contributed by atoms with Crippen LogP contribution in [0.15, 0.2) is 29.8 Å². The average Bonchev–Trinajstić information content (AvgIpc) is 2.81. The fourth-order valence-corrected chi connectivity index (χ4v) is 3.24. The van der Waals surface area contributed by atoms with E-state index in [1.165, 1.54) is 4.31 Å². The van der Waals surface area contributed by atoms with E-state index in [4.69, 9.17) is 0 Å². The first-order valence-corrected chi connectivity index (χ1v) is 8.76. The lowest BCUT2D eigenvalue weighted by Gasteiger charge is -2.13. The van der Waals surface area contributed by atoms with Gasteiger partial charge in [-0.15, -0.1) is 6.58 Å². The van der Waals surface area contributed by atoms with Gasteiger partial charge in [0.05, 0.1) is 0 Å². The van der Waals surface area contributed by atoms with Gasteiger partial charge < -0.3 is 9.88 Å². The summed E-state index contributed by atoms with van der Waals surface area (Å²) < 4.78 is 28.3. The van der Waals surface area contributed by atoms with Crippen LogP contribution in [-0.2, 0) is 23.1 Å². The lowest BCUT2D eigenvalue weighted by molar-refractivity contribution is 0.499. The molecule has 0 aromatic carbocycles. The molecule has 0 radical (unpaired) electrons. The highest BCUT2D eigenvalue weighted by molar-refractivity contribution is 7.89. The molecule has 21 heavy (non-hydrogen) atoms. The van der Waals surface area contributed by atoms with Crippen LogP contribution in [0.5, 0.6) is 0 Å². The molecule has 1 rings (SSSR count). The largest absolute Gasteiger partial charge is 0.349 e. The van der Waals surface area contributed by atoms with Gasteiger partial charge in [-0.05, 0) is 12.5 Å². The molecule has 0 saturated carbocycles. The van der Waals surface area contributed by atoms with Crippen LogP contribution in [0.4, 0.5) is 0 Å². The Bertz CT molecular complexity index is 561. The molecule has 1 N–H and O–H groups in total. The number of hydrogen-bond acceptors (Lipinski definition) is 3. The second-order valence-corrected chi connectivity index (χ2v) is 7.52. The summed E-state index contributed by atoms with van der Waals surface area (Å²) >= 11 is 0. The van der Waals surface area contributed by atoms with Crippen LogP contribution in [0.2, 0.25) is 0 Å². The second-order valence-electron chi connectivity index (χ2n) is 5.47. The molecule has 0 aliphatic heterocycles. The molecule has 0 saturated heterocycles. The molecule has 1 aromatic rings. The Labute approximate surface area is 128 Å². The van der Waals surface area contributed by atoms with Gasteiger partial charge >= 0.3 is 0 Å². The average molecular weight is 313 g/mol. The molecule has 5 nitrogen and oxygen atoms in total. The lowest BCUT2D eigenvalue weighted by Crippen LogP contribution is -2.26. The molecule has 0 bridgehead atoms. The highest BCUT2D eigenvalue weighted by atomic mass is 32.2. The number of nitrogens with one attached hydrogen (secondary N) is 1. The van der Waals surface area contributed by atoms with E-state index in [2.05, 4.69) is 32.7 Å². The number of nitrogens with zero attached hydrogens (tertiary/aromatic N) is 2. The molecule has 6 heteroatoms. The van der Waals surface area contributed by atoms with Gasteiger partial charge in [0.25, 0.3) is 0 Å². The Morgan fingerprint density at radius 1 is 1.48 bits per heavy atom. The number of hydrogen-bond donors (Lipinski definition) is 1. The molecule has 0 aliphatic rings. The van der Waals surface area contributed by atoms with E-state index >= 15 is 0 Å². The molecule has 1 aromatic heterocycles. The van der Waals surface area contributed by atoms with Gasteiger partial charge in [-0.1, -0.05) is 26.8 Å². The third-order valence-electron chi connectivity index (χ3n) is 3.21. The molecule has 1 heterocycles. The SMILES string of the molecule is C=CCN(C)S(=O)(=O)c1cc(CNC(C)C)n(CCC)c1. The normalized spacial score (nSPS) is 12.3. The topological polar surface area (TPSA) is 54.3 Å². The van der Waals surface area contributed by atoms with Gasteiger partial charge in [-0.3, -0.25) is 0 Å². The van der Waals surface area contributed by atoms with Crippen molar-refractivity contribution in [2.24, 2.45) is 0 Å². The van der Waals surface area contributed by atoms with Crippen molar-refractivity contribution in [3.63, 3.8) is 0 Å². The molecule has 0 fully saturated rings. The van der Waals surface area contributed by atoms with Crippen LogP contribution in [0, 0.1) is 0 Å². The van der Waals surface area contributed by atoms with Crippen LogP contribution in [0.1, 0.15) is 32.9 Å². The smallest absolute Gasteiger partial charge is 0.244 e. The van der Waals surface area contributed by atoms with Crippen molar-refractivity contribution < 1.29 is 8.42 Å². The molecule has 0 aliphatic carbocycles. The Kier molecular flexibility index (Phi) is 6.64. The summed E-state index contributed by atoms with van der Waals surface area (Å²) in [5.41, 5.74) is 0.996. The molecule has 0 amide bonds. The summed E-state index contributed by atoms with van der Waals surface area (Å²) in [6.45, 7) is 11.6. The van der Waals surface area contributed by atoms with Crippen molar-refractivity contribution in [1.29, 1.82) is 0 Å². The summed E-state index contributed by atoms with van der Waals surface area (Å²) in [6, 6.07) is 2.12. The summed E-state index contributed by atoms with van der Waals surface area (Å²) in [5.74, 6) is 0. The predicted octanol–water partition coefficient (Wildman–Crippen LogP) is 2.20. The summed E-state index contributed by atoms with van der Waals surface area (Å²) in [5, 5.41) is 3.33. The first-order chi connectivity index (χ1) is 9.82. The van der Waals surface area contributed by atoms with Crippen LogP contribution >= 0.6 is 0 Å².